The Hall–Kier alpha value is -3.07. The van der Waals surface area contributed by atoms with Crippen LogP contribution in [0.1, 0.15) is 18.1 Å². The lowest BCUT2D eigenvalue weighted by Gasteiger charge is -2.29. The van der Waals surface area contributed by atoms with Crippen molar-refractivity contribution in [1.29, 1.82) is 0 Å². The highest BCUT2D eigenvalue weighted by Crippen LogP contribution is 2.33. The zero-order valence-electron chi connectivity index (χ0n) is 14.4. The number of carbonyl (C=O) groups is 1. The van der Waals surface area contributed by atoms with Crippen LogP contribution in [0.2, 0.25) is 0 Å². The Bertz CT molecular complexity index is 805. The van der Waals surface area contributed by atoms with E-state index in [9.17, 15) is 4.79 Å². The van der Waals surface area contributed by atoms with Crippen LogP contribution >= 0.6 is 0 Å². The van der Waals surface area contributed by atoms with Gasteiger partial charge in [0.2, 0.25) is 5.91 Å². The number of ether oxygens (including phenoxy) is 1. The lowest BCUT2D eigenvalue weighted by molar-refractivity contribution is -0.119. The van der Waals surface area contributed by atoms with Crippen LogP contribution in [0.3, 0.4) is 0 Å². The first-order valence-electron chi connectivity index (χ1n) is 8.21. The lowest BCUT2D eigenvalue weighted by atomic mass is 9.75. The molecule has 0 radical (unpaired) electrons. The van der Waals surface area contributed by atoms with E-state index in [1.807, 2.05) is 91.9 Å². The molecule has 0 heterocycles. The highest BCUT2D eigenvalue weighted by molar-refractivity contribution is 6.01. The SMILES string of the molecule is COc1cccc(NC(=O)C(C)(c2ccccc2)c2ccccc2)c1. The van der Waals surface area contributed by atoms with Crippen molar-refractivity contribution >= 4 is 11.6 Å². The summed E-state index contributed by atoms with van der Waals surface area (Å²) < 4.78 is 5.24. The van der Waals surface area contributed by atoms with Gasteiger partial charge in [0.1, 0.15) is 5.75 Å². The van der Waals surface area contributed by atoms with Gasteiger partial charge in [-0.25, -0.2) is 0 Å². The Morgan fingerprint density at radius 1 is 0.840 bits per heavy atom. The van der Waals surface area contributed by atoms with Gasteiger partial charge >= 0.3 is 0 Å². The van der Waals surface area contributed by atoms with Crippen molar-refractivity contribution in [2.75, 3.05) is 12.4 Å². The predicted molar refractivity (Wildman–Crippen MR) is 101 cm³/mol. The second-order valence-corrected chi connectivity index (χ2v) is 6.04. The maximum absolute atomic E-state index is 13.3. The average molecular weight is 331 g/mol. The van der Waals surface area contributed by atoms with Crippen LogP contribution < -0.4 is 10.1 Å². The summed E-state index contributed by atoms with van der Waals surface area (Å²) in [6.07, 6.45) is 0. The molecule has 0 bridgehead atoms. The number of benzene rings is 3. The van der Waals surface area contributed by atoms with Crippen molar-refractivity contribution in [2.45, 2.75) is 12.3 Å². The molecule has 3 rings (SSSR count). The zero-order valence-corrected chi connectivity index (χ0v) is 14.4. The Morgan fingerprint density at radius 3 is 1.92 bits per heavy atom. The topological polar surface area (TPSA) is 38.3 Å². The van der Waals surface area contributed by atoms with Gasteiger partial charge in [0, 0.05) is 11.8 Å². The normalized spacial score (nSPS) is 11.0. The largest absolute Gasteiger partial charge is 0.497 e. The van der Waals surface area contributed by atoms with Crippen LogP contribution in [0.5, 0.6) is 5.75 Å². The summed E-state index contributed by atoms with van der Waals surface area (Å²) in [4.78, 5) is 13.3. The minimum Gasteiger partial charge on any atom is -0.497 e. The number of carbonyl (C=O) groups excluding carboxylic acids is 1. The van der Waals surface area contributed by atoms with E-state index >= 15 is 0 Å². The van der Waals surface area contributed by atoms with Crippen molar-refractivity contribution in [3.8, 4) is 5.75 Å². The number of anilines is 1. The molecule has 0 saturated carbocycles. The summed E-state index contributed by atoms with van der Waals surface area (Å²) in [6, 6.07) is 27.0. The van der Waals surface area contributed by atoms with Gasteiger partial charge in [-0.15, -0.1) is 0 Å². The number of methoxy groups -OCH3 is 1. The molecule has 0 atom stereocenters. The van der Waals surface area contributed by atoms with Crippen molar-refractivity contribution in [1.82, 2.24) is 0 Å². The van der Waals surface area contributed by atoms with Crippen molar-refractivity contribution in [3.05, 3.63) is 96.1 Å². The first-order chi connectivity index (χ1) is 12.1. The molecule has 0 saturated heterocycles. The minimum atomic E-state index is -0.800. The van der Waals surface area contributed by atoms with Gasteiger partial charge in [-0.05, 0) is 30.2 Å². The molecule has 0 aliphatic heterocycles. The monoisotopic (exact) mass is 331 g/mol. The van der Waals surface area contributed by atoms with Gasteiger partial charge in [0.05, 0.1) is 12.5 Å². The van der Waals surface area contributed by atoms with E-state index in [0.717, 1.165) is 11.1 Å². The fraction of sp³-hybridized carbons (Fsp3) is 0.136. The van der Waals surface area contributed by atoms with Crippen LogP contribution in [-0.4, -0.2) is 13.0 Å². The molecule has 3 heteroatoms. The first-order valence-corrected chi connectivity index (χ1v) is 8.21. The molecule has 3 aromatic carbocycles. The van der Waals surface area contributed by atoms with Gasteiger partial charge in [-0.2, -0.15) is 0 Å². The first kappa shape index (κ1) is 16.8. The van der Waals surface area contributed by atoms with Gasteiger partial charge in [0.25, 0.3) is 0 Å². The van der Waals surface area contributed by atoms with E-state index < -0.39 is 5.41 Å². The number of amides is 1. The van der Waals surface area contributed by atoms with Gasteiger partial charge in [0.15, 0.2) is 0 Å². The molecule has 0 spiro atoms. The molecule has 0 fully saturated rings. The number of nitrogens with one attached hydrogen (secondary N) is 1. The van der Waals surface area contributed by atoms with E-state index in [2.05, 4.69) is 5.32 Å². The number of rotatable bonds is 5. The maximum atomic E-state index is 13.3. The van der Waals surface area contributed by atoms with Crippen LogP contribution in [0.15, 0.2) is 84.9 Å². The Kier molecular flexibility index (Phi) is 4.85. The molecule has 3 aromatic rings. The number of hydrogen-bond acceptors (Lipinski definition) is 2. The summed E-state index contributed by atoms with van der Waals surface area (Å²) in [7, 11) is 1.61. The van der Waals surface area contributed by atoms with Gasteiger partial charge < -0.3 is 10.1 Å². The van der Waals surface area contributed by atoms with Crippen LogP contribution in [-0.2, 0) is 10.2 Å². The molecule has 1 amide bonds. The molecule has 1 N–H and O–H groups in total. The molecular weight excluding hydrogens is 310 g/mol. The van der Waals surface area contributed by atoms with Crippen molar-refractivity contribution < 1.29 is 9.53 Å². The average Bonchev–Trinajstić information content (AvgIpc) is 2.68. The van der Waals surface area contributed by atoms with Crippen molar-refractivity contribution in [2.24, 2.45) is 0 Å². The Labute approximate surface area is 148 Å². The zero-order chi connectivity index (χ0) is 17.7. The molecular formula is C22H21NO2. The third-order valence-electron chi connectivity index (χ3n) is 4.48. The molecule has 126 valence electrons. The van der Waals surface area contributed by atoms with Crippen LogP contribution in [0.25, 0.3) is 0 Å². The fourth-order valence-corrected chi connectivity index (χ4v) is 2.93. The molecule has 3 nitrogen and oxygen atoms in total. The van der Waals surface area contributed by atoms with Crippen molar-refractivity contribution in [3.63, 3.8) is 0 Å². The van der Waals surface area contributed by atoms with Gasteiger partial charge in [-0.3, -0.25) is 4.79 Å². The van der Waals surface area contributed by atoms with E-state index in [1.165, 1.54) is 0 Å². The highest BCUT2D eigenvalue weighted by atomic mass is 16.5. The molecule has 0 unspecified atom stereocenters. The summed E-state index contributed by atoms with van der Waals surface area (Å²) >= 11 is 0. The summed E-state index contributed by atoms with van der Waals surface area (Å²) in [6.45, 7) is 1.95. The molecule has 0 aliphatic carbocycles. The van der Waals surface area contributed by atoms with E-state index in [4.69, 9.17) is 4.74 Å². The predicted octanol–water partition coefficient (Wildman–Crippen LogP) is 4.64. The summed E-state index contributed by atoms with van der Waals surface area (Å²) in [5, 5.41) is 3.04. The van der Waals surface area contributed by atoms with E-state index in [-0.39, 0.29) is 5.91 Å². The Balaban J connectivity index is 2.01. The summed E-state index contributed by atoms with van der Waals surface area (Å²) in [5.41, 5.74) is 1.80. The highest BCUT2D eigenvalue weighted by Gasteiger charge is 2.37. The second-order valence-electron chi connectivity index (χ2n) is 6.04. The van der Waals surface area contributed by atoms with Crippen LogP contribution in [0, 0.1) is 0 Å². The Morgan fingerprint density at radius 2 is 1.40 bits per heavy atom. The second kappa shape index (κ2) is 7.22. The van der Waals surface area contributed by atoms with E-state index in [1.54, 1.807) is 7.11 Å². The fourth-order valence-electron chi connectivity index (χ4n) is 2.93. The third kappa shape index (κ3) is 3.41. The quantitative estimate of drug-likeness (QED) is 0.739. The number of hydrogen-bond donors (Lipinski definition) is 1. The standard InChI is InChI=1S/C22H21NO2/c1-22(17-10-5-3-6-11-17,18-12-7-4-8-13-18)21(24)23-19-14-9-15-20(16-19)25-2/h3-16H,1-2H3,(H,23,24). The van der Waals surface area contributed by atoms with Crippen LogP contribution in [0.4, 0.5) is 5.69 Å². The van der Waals surface area contributed by atoms with Gasteiger partial charge in [-0.1, -0.05) is 66.7 Å². The lowest BCUT2D eigenvalue weighted by Crippen LogP contribution is -2.38. The third-order valence-corrected chi connectivity index (χ3v) is 4.48. The summed E-state index contributed by atoms with van der Waals surface area (Å²) in [5.74, 6) is 0.622. The smallest absolute Gasteiger partial charge is 0.239 e. The maximum Gasteiger partial charge on any atom is 0.239 e. The molecule has 0 aromatic heterocycles. The molecule has 0 aliphatic rings. The molecule has 25 heavy (non-hydrogen) atoms. The minimum absolute atomic E-state index is 0.0850. The van der Waals surface area contributed by atoms with E-state index in [0.29, 0.717) is 11.4 Å².